The molecule has 200 valence electrons. The average molecular weight is 618 g/mol. The fraction of sp³-hybridized carbons (Fsp3) is 0. The Bertz CT molecular complexity index is 1580. The summed E-state index contributed by atoms with van der Waals surface area (Å²) in [4.78, 5) is 32.4. The molecule has 6 nitrogen and oxygen atoms in total. The van der Waals surface area contributed by atoms with Crippen LogP contribution in [0.4, 0.5) is 0 Å². The number of aromatic carboxylic acids is 3. The molecule has 7 heteroatoms. The van der Waals surface area contributed by atoms with Crippen LogP contribution in [0.2, 0.25) is 0 Å². The molecule has 0 heterocycles. The van der Waals surface area contributed by atoms with Gasteiger partial charge < -0.3 is 15.3 Å². The normalized spacial score (nSPS) is 9.90. The summed E-state index contributed by atoms with van der Waals surface area (Å²) in [6, 6.07) is 38.2. The molecule has 6 aromatic rings. The van der Waals surface area contributed by atoms with E-state index in [1.165, 1.54) is 0 Å². The number of carboxylic acids is 3. The molecule has 0 bridgehead atoms. The maximum Gasteiger partial charge on any atom is 0.336 e. The van der Waals surface area contributed by atoms with Crippen LogP contribution in [0.15, 0.2) is 127 Å². The summed E-state index contributed by atoms with van der Waals surface area (Å²) >= 11 is 0. The minimum absolute atomic E-state index is 0. The molecule has 0 amide bonds. The summed E-state index contributed by atoms with van der Waals surface area (Å²) in [5.74, 6) is -2.63. The van der Waals surface area contributed by atoms with Crippen LogP contribution in [0.25, 0.3) is 32.3 Å². The SMILES string of the molecule is O=C(O)c1cccc2ccccc12.O=C(O)c1cccc2ccccc12.O=C(O)c1cccc2ccccc12.[Ru]. The molecule has 0 aliphatic rings. The van der Waals surface area contributed by atoms with E-state index in [0.717, 1.165) is 32.3 Å². The van der Waals surface area contributed by atoms with E-state index in [9.17, 15) is 14.4 Å². The Kier molecular flexibility index (Phi) is 10.2. The zero-order valence-corrected chi connectivity index (χ0v) is 22.8. The van der Waals surface area contributed by atoms with E-state index >= 15 is 0 Å². The molecule has 0 fully saturated rings. The third-order valence-corrected chi connectivity index (χ3v) is 6.06. The van der Waals surface area contributed by atoms with Gasteiger partial charge in [0.15, 0.2) is 0 Å². The van der Waals surface area contributed by atoms with Gasteiger partial charge in [0.25, 0.3) is 0 Å². The van der Waals surface area contributed by atoms with Crippen molar-refractivity contribution in [3.05, 3.63) is 144 Å². The van der Waals surface area contributed by atoms with Crippen LogP contribution in [0.3, 0.4) is 0 Å². The number of fused-ring (bicyclic) bond motifs is 3. The van der Waals surface area contributed by atoms with E-state index in [-0.39, 0.29) is 19.5 Å². The van der Waals surface area contributed by atoms with Gasteiger partial charge in [-0.25, -0.2) is 14.4 Å². The second-order valence-electron chi connectivity index (χ2n) is 8.50. The van der Waals surface area contributed by atoms with Crippen molar-refractivity contribution in [1.82, 2.24) is 0 Å². The number of carbonyl (C=O) groups is 3. The summed E-state index contributed by atoms with van der Waals surface area (Å²) in [7, 11) is 0. The number of rotatable bonds is 3. The molecule has 0 spiro atoms. The Labute approximate surface area is 242 Å². The van der Waals surface area contributed by atoms with Gasteiger partial charge in [0, 0.05) is 19.5 Å². The molecule has 40 heavy (non-hydrogen) atoms. The van der Waals surface area contributed by atoms with E-state index in [2.05, 4.69) is 0 Å². The van der Waals surface area contributed by atoms with Crippen LogP contribution >= 0.6 is 0 Å². The van der Waals surface area contributed by atoms with Gasteiger partial charge in [-0.2, -0.15) is 0 Å². The van der Waals surface area contributed by atoms with Gasteiger partial charge in [-0.05, 0) is 50.5 Å². The monoisotopic (exact) mass is 618 g/mol. The van der Waals surface area contributed by atoms with E-state index in [1.54, 1.807) is 36.4 Å². The van der Waals surface area contributed by atoms with E-state index in [1.807, 2.05) is 91.0 Å². The Morgan fingerprint density at radius 3 is 0.825 bits per heavy atom. The number of hydrogen-bond acceptors (Lipinski definition) is 3. The van der Waals surface area contributed by atoms with Gasteiger partial charge in [0.05, 0.1) is 16.7 Å². The van der Waals surface area contributed by atoms with Crippen molar-refractivity contribution in [3.63, 3.8) is 0 Å². The van der Waals surface area contributed by atoms with E-state index in [0.29, 0.717) is 16.7 Å². The Balaban J connectivity index is 0.000000163. The van der Waals surface area contributed by atoms with Gasteiger partial charge in [-0.15, -0.1) is 0 Å². The first-order valence-electron chi connectivity index (χ1n) is 12.0. The Morgan fingerprint density at radius 2 is 0.575 bits per heavy atom. The van der Waals surface area contributed by atoms with Gasteiger partial charge in [0.1, 0.15) is 0 Å². The molecule has 0 aliphatic carbocycles. The van der Waals surface area contributed by atoms with Crippen LogP contribution in [-0.4, -0.2) is 33.2 Å². The largest absolute Gasteiger partial charge is 0.478 e. The number of hydrogen-bond donors (Lipinski definition) is 3. The molecule has 0 unspecified atom stereocenters. The average Bonchev–Trinajstić information content (AvgIpc) is 2.96. The van der Waals surface area contributed by atoms with Crippen LogP contribution in [0.1, 0.15) is 31.1 Å². The Hall–Kier alpha value is -4.87. The molecule has 0 atom stereocenters. The summed E-state index contributed by atoms with van der Waals surface area (Å²) in [6.45, 7) is 0. The van der Waals surface area contributed by atoms with Crippen LogP contribution < -0.4 is 0 Å². The molecule has 0 saturated heterocycles. The first-order valence-corrected chi connectivity index (χ1v) is 12.0. The third kappa shape index (κ3) is 6.96. The van der Waals surface area contributed by atoms with Gasteiger partial charge in [-0.1, -0.05) is 109 Å². The number of carboxylic acid groups (broad SMARTS) is 3. The summed E-state index contributed by atoms with van der Waals surface area (Å²) in [5, 5.41) is 31.9. The maximum absolute atomic E-state index is 10.8. The van der Waals surface area contributed by atoms with Crippen LogP contribution in [0.5, 0.6) is 0 Å². The van der Waals surface area contributed by atoms with Crippen LogP contribution in [-0.2, 0) is 19.5 Å². The topological polar surface area (TPSA) is 112 Å². The molecular weight excluding hydrogens is 593 g/mol. The van der Waals surface area contributed by atoms with Crippen molar-refractivity contribution < 1.29 is 49.2 Å². The quantitative estimate of drug-likeness (QED) is 0.176. The second kappa shape index (κ2) is 13.8. The first kappa shape index (κ1) is 29.7. The van der Waals surface area contributed by atoms with Crippen molar-refractivity contribution in [3.8, 4) is 0 Å². The predicted octanol–water partition coefficient (Wildman–Crippen LogP) is 7.61. The molecular formula is C33H24O6Ru. The minimum Gasteiger partial charge on any atom is -0.478 e. The second-order valence-corrected chi connectivity index (χ2v) is 8.50. The zero-order chi connectivity index (χ0) is 27.8. The standard InChI is InChI=1S/3C11H8O2.Ru/c3*12-11(13)10-7-3-5-8-4-1-2-6-9(8)10;/h3*1-7H,(H,12,13);. The molecule has 6 aromatic carbocycles. The minimum atomic E-state index is -0.878. The Morgan fingerprint density at radius 1 is 0.350 bits per heavy atom. The summed E-state index contributed by atoms with van der Waals surface area (Å²) in [6.07, 6.45) is 0. The van der Waals surface area contributed by atoms with Gasteiger partial charge >= 0.3 is 17.9 Å². The van der Waals surface area contributed by atoms with Crippen LogP contribution in [0, 0.1) is 0 Å². The first-order chi connectivity index (χ1) is 18.9. The number of benzene rings is 6. The van der Waals surface area contributed by atoms with Crippen molar-refractivity contribution in [1.29, 1.82) is 0 Å². The molecule has 0 aliphatic heterocycles. The van der Waals surface area contributed by atoms with Crippen molar-refractivity contribution >= 4 is 50.2 Å². The maximum atomic E-state index is 10.8. The summed E-state index contributed by atoms with van der Waals surface area (Å²) < 4.78 is 0. The summed E-state index contributed by atoms with van der Waals surface area (Å²) in [5.41, 5.74) is 1.08. The van der Waals surface area contributed by atoms with Crippen molar-refractivity contribution in [2.75, 3.05) is 0 Å². The molecule has 6 rings (SSSR count). The molecule has 0 saturated carbocycles. The predicted molar refractivity (Wildman–Crippen MR) is 153 cm³/mol. The van der Waals surface area contributed by atoms with E-state index in [4.69, 9.17) is 15.3 Å². The smallest absolute Gasteiger partial charge is 0.336 e. The fourth-order valence-electron chi connectivity index (χ4n) is 4.24. The zero-order valence-electron chi connectivity index (χ0n) is 21.0. The van der Waals surface area contributed by atoms with E-state index < -0.39 is 17.9 Å². The van der Waals surface area contributed by atoms with Gasteiger partial charge in [0.2, 0.25) is 0 Å². The van der Waals surface area contributed by atoms with Crippen molar-refractivity contribution in [2.45, 2.75) is 0 Å². The molecule has 3 N–H and O–H groups in total. The molecule has 0 radical (unpaired) electrons. The molecule has 0 aromatic heterocycles. The van der Waals surface area contributed by atoms with Crippen molar-refractivity contribution in [2.24, 2.45) is 0 Å². The fourth-order valence-corrected chi connectivity index (χ4v) is 4.24. The van der Waals surface area contributed by atoms with Gasteiger partial charge in [-0.3, -0.25) is 0 Å². The third-order valence-electron chi connectivity index (χ3n) is 6.06.